The van der Waals surface area contributed by atoms with Crippen LogP contribution < -0.4 is 34.5 Å². The number of anilines is 1. The number of aryl methyl sites for hydroxylation is 2. The number of benzene rings is 2. The summed E-state index contributed by atoms with van der Waals surface area (Å²) < 4.78 is 49.8. The highest BCUT2D eigenvalue weighted by atomic mass is 32.2. The number of aromatic nitrogens is 2. The molecule has 4 heterocycles. The van der Waals surface area contributed by atoms with Crippen molar-refractivity contribution in [3.63, 3.8) is 0 Å². The average molecular weight is 675 g/mol. The Kier molecular flexibility index (Phi) is 8.39. The van der Waals surface area contributed by atoms with Gasteiger partial charge < -0.3 is 24.1 Å². The molecule has 0 saturated carbocycles. The second-order valence-electron chi connectivity index (χ2n) is 14.4. The molecular formula is C37H46N4O6S. The van der Waals surface area contributed by atoms with Crippen LogP contribution in [-0.4, -0.2) is 53.4 Å². The highest BCUT2D eigenvalue weighted by molar-refractivity contribution is 7.85. The maximum atomic E-state index is 12.2. The van der Waals surface area contributed by atoms with Crippen molar-refractivity contribution in [1.29, 1.82) is 0 Å². The molecule has 11 heteroatoms. The number of nitrogens with zero attached hydrogens (tertiary/aromatic N) is 4. The zero-order valence-electron chi connectivity index (χ0n) is 29.2. The fourth-order valence-corrected chi connectivity index (χ4v) is 9.19. The van der Waals surface area contributed by atoms with Crippen LogP contribution in [0.15, 0.2) is 42.7 Å². The summed E-state index contributed by atoms with van der Waals surface area (Å²) in [5.41, 5.74) is 5.01. The number of fused-ring (bicyclic) bond motifs is 4. The van der Waals surface area contributed by atoms with E-state index in [0.29, 0.717) is 24.5 Å². The molecule has 0 N–H and O–H groups in total. The number of hydrogen-bond acceptors (Lipinski definition) is 7. The largest absolute Gasteiger partial charge is 0.748 e. The number of carboxylic acid groups (broad SMARTS) is 1. The lowest BCUT2D eigenvalue weighted by molar-refractivity contribution is -0.673. The van der Waals surface area contributed by atoms with Crippen molar-refractivity contribution in [3.05, 3.63) is 75.8 Å². The molecular weight excluding hydrogens is 628 g/mol. The molecule has 48 heavy (non-hydrogen) atoms. The first kappa shape index (κ1) is 33.9. The van der Waals surface area contributed by atoms with E-state index in [1.54, 1.807) is 0 Å². The van der Waals surface area contributed by atoms with Gasteiger partial charge in [-0.15, -0.1) is 0 Å². The number of aliphatic carboxylic acids is 1. The molecule has 3 aliphatic rings. The zero-order valence-corrected chi connectivity index (χ0v) is 30.0. The monoisotopic (exact) mass is 674 g/mol. The number of hydrogen-bond donors (Lipinski definition) is 0. The molecule has 0 fully saturated rings. The molecule has 3 aromatic rings. The van der Waals surface area contributed by atoms with Crippen molar-refractivity contribution in [2.75, 3.05) is 23.7 Å². The second-order valence-corrected chi connectivity index (χ2v) is 15.8. The van der Waals surface area contributed by atoms with Gasteiger partial charge in [-0.05, 0) is 69.9 Å². The summed E-state index contributed by atoms with van der Waals surface area (Å²) in [5, 5.41) is 13.5. The van der Waals surface area contributed by atoms with E-state index in [1.807, 2.05) is 40.7 Å². The Bertz CT molecular complexity index is 2110. The fraction of sp³-hybridized carbons (Fsp3) is 0.486. The molecule has 0 amide bonds. The Hall–Kier alpha value is -3.96. The predicted molar refractivity (Wildman–Crippen MR) is 182 cm³/mol. The van der Waals surface area contributed by atoms with Crippen LogP contribution in [-0.2, 0) is 28.5 Å². The molecule has 256 valence electrons. The quantitative estimate of drug-likeness (QED) is 0.198. The van der Waals surface area contributed by atoms with Gasteiger partial charge in [-0.25, -0.2) is 22.1 Å². The minimum Gasteiger partial charge on any atom is -0.748 e. The summed E-state index contributed by atoms with van der Waals surface area (Å²) in [6.07, 6.45) is 7.28. The first-order chi connectivity index (χ1) is 22.5. The third-order valence-electron chi connectivity index (χ3n) is 10.3. The lowest BCUT2D eigenvalue weighted by Crippen LogP contribution is -2.49. The van der Waals surface area contributed by atoms with E-state index < -0.39 is 33.3 Å². The summed E-state index contributed by atoms with van der Waals surface area (Å²) in [7, 11) is -2.59. The molecule has 0 aliphatic carbocycles. The van der Waals surface area contributed by atoms with Crippen molar-refractivity contribution in [2.45, 2.75) is 91.3 Å². The van der Waals surface area contributed by atoms with Gasteiger partial charge >= 0.3 is 0 Å². The van der Waals surface area contributed by atoms with Crippen LogP contribution in [0.4, 0.5) is 5.69 Å². The van der Waals surface area contributed by atoms with Crippen molar-refractivity contribution in [2.24, 2.45) is 7.05 Å². The van der Waals surface area contributed by atoms with Gasteiger partial charge in [0.1, 0.15) is 30.4 Å². The lowest BCUT2D eigenvalue weighted by Gasteiger charge is -2.48. The van der Waals surface area contributed by atoms with E-state index in [2.05, 4.69) is 76.2 Å². The van der Waals surface area contributed by atoms with Gasteiger partial charge in [-0.1, -0.05) is 6.92 Å². The summed E-state index contributed by atoms with van der Waals surface area (Å²) in [6, 6.07) is 8.32. The molecule has 1 atom stereocenters. The number of ether oxygens (including phenoxy) is 1. The lowest BCUT2D eigenvalue weighted by atomic mass is 9.78. The van der Waals surface area contributed by atoms with Gasteiger partial charge in [-0.2, -0.15) is 0 Å². The van der Waals surface area contributed by atoms with E-state index >= 15 is 0 Å². The van der Waals surface area contributed by atoms with Gasteiger partial charge in [0.05, 0.1) is 35.4 Å². The Balaban J connectivity index is 1.74. The molecule has 0 saturated heterocycles. The molecule has 2 aromatic carbocycles. The van der Waals surface area contributed by atoms with Gasteiger partial charge in [-0.3, -0.25) is 0 Å². The van der Waals surface area contributed by atoms with Gasteiger partial charge in [0.15, 0.2) is 5.54 Å². The Labute approximate surface area is 283 Å². The maximum absolute atomic E-state index is 12.2. The summed E-state index contributed by atoms with van der Waals surface area (Å²) in [5.74, 6) is -0.0554. The first-order valence-electron chi connectivity index (χ1n) is 16.9. The van der Waals surface area contributed by atoms with Crippen LogP contribution in [0, 0.1) is 0 Å². The molecule has 10 nitrogen and oxygen atoms in total. The summed E-state index contributed by atoms with van der Waals surface area (Å²) in [4.78, 5) is 13.8. The SMILES string of the molecule is CCC1=CC(C)(C)[N+](CC)=c2cc3c(cc21)=C(c1n(CCC(=O)[O-])cc[n+]1C)c1cc2c(cc1O3)N(CC)C(C)(C)CC2CS(=O)(=O)[O-]. The minimum absolute atomic E-state index is 0.160. The van der Waals surface area contributed by atoms with Crippen LogP contribution in [0.25, 0.3) is 11.1 Å². The second kappa shape index (κ2) is 11.9. The van der Waals surface area contributed by atoms with E-state index in [1.165, 1.54) is 5.57 Å². The number of carbonyl (C=O) groups is 1. The Morgan fingerprint density at radius 1 is 1.06 bits per heavy atom. The van der Waals surface area contributed by atoms with E-state index in [4.69, 9.17) is 4.74 Å². The van der Waals surface area contributed by atoms with Crippen LogP contribution in [0.2, 0.25) is 0 Å². The van der Waals surface area contributed by atoms with Gasteiger partial charge in [0, 0.05) is 78.1 Å². The number of imidazole rings is 1. The van der Waals surface area contributed by atoms with E-state index in [9.17, 15) is 22.9 Å². The van der Waals surface area contributed by atoms with E-state index in [0.717, 1.165) is 57.3 Å². The normalized spacial score (nSPS) is 19.1. The molecule has 6 rings (SSSR count). The number of carboxylic acids is 1. The number of carbonyl (C=O) groups excluding carboxylic acids is 1. The van der Waals surface area contributed by atoms with Crippen LogP contribution in [0.1, 0.15) is 96.2 Å². The smallest absolute Gasteiger partial charge is 0.290 e. The van der Waals surface area contributed by atoms with Gasteiger partial charge in [0.25, 0.3) is 5.82 Å². The number of allylic oxidation sites excluding steroid dienone is 1. The molecule has 3 aliphatic heterocycles. The maximum Gasteiger partial charge on any atom is 0.290 e. The third-order valence-corrected chi connectivity index (χ3v) is 11.1. The first-order valence-corrected chi connectivity index (χ1v) is 18.4. The van der Waals surface area contributed by atoms with Gasteiger partial charge in [0.2, 0.25) is 5.36 Å². The standard InChI is InChI=1S/C37H46N4O6S/c1-9-23-20-36(4,5)40(10-2)29-18-31-27(16-25(23)29)34(35-38(8)14-15-39(35)13-12-33(42)43)28-17-26-24(22-48(44,45)46)21-37(6,7)41(11-3)30(26)19-32(28)47-31/h14-20,24H,9-13,21-22H2,1-8H3. The minimum atomic E-state index is -4.52. The van der Waals surface area contributed by atoms with Crippen LogP contribution in [0.5, 0.6) is 11.5 Å². The summed E-state index contributed by atoms with van der Waals surface area (Å²) in [6.45, 7) is 16.7. The average Bonchev–Trinajstić information content (AvgIpc) is 3.35. The van der Waals surface area contributed by atoms with Crippen LogP contribution in [0.3, 0.4) is 0 Å². The molecule has 0 bridgehead atoms. The highest BCUT2D eigenvalue weighted by Crippen LogP contribution is 2.49. The highest BCUT2D eigenvalue weighted by Gasteiger charge is 2.41. The third kappa shape index (κ3) is 5.74. The van der Waals surface area contributed by atoms with Crippen molar-refractivity contribution < 1.29 is 32.2 Å². The van der Waals surface area contributed by atoms with Crippen molar-refractivity contribution in [3.8, 4) is 11.5 Å². The molecule has 1 aromatic heterocycles. The Morgan fingerprint density at radius 2 is 1.79 bits per heavy atom. The summed E-state index contributed by atoms with van der Waals surface area (Å²) >= 11 is 0. The zero-order chi connectivity index (χ0) is 34.9. The van der Waals surface area contributed by atoms with Crippen molar-refractivity contribution >= 4 is 32.9 Å². The molecule has 0 radical (unpaired) electrons. The predicted octanol–water partition coefficient (Wildman–Crippen LogP) is 2.54. The molecule has 1 unspecified atom stereocenters. The fourth-order valence-electron chi connectivity index (χ4n) is 8.40. The van der Waals surface area contributed by atoms with Crippen LogP contribution >= 0.6 is 0 Å². The van der Waals surface area contributed by atoms with Crippen molar-refractivity contribution in [1.82, 2.24) is 9.14 Å². The Morgan fingerprint density at radius 3 is 2.42 bits per heavy atom. The topological polar surface area (TPSA) is 122 Å². The van der Waals surface area contributed by atoms with E-state index in [-0.39, 0.29) is 18.5 Å². The molecule has 0 spiro atoms. The number of likely N-dealkylation sites (N-methyl/N-ethyl adjacent to an activating group) is 1. The number of rotatable bonds is 9.